The summed E-state index contributed by atoms with van der Waals surface area (Å²) in [5.74, 6) is -0.379. The van der Waals surface area contributed by atoms with Gasteiger partial charge in [0.1, 0.15) is 10.8 Å². The average Bonchev–Trinajstić information content (AvgIpc) is 2.18. The summed E-state index contributed by atoms with van der Waals surface area (Å²) < 4.78 is 0. The van der Waals surface area contributed by atoms with E-state index in [2.05, 4.69) is 15.3 Å². The molecule has 0 aromatic carbocycles. The van der Waals surface area contributed by atoms with Crippen LogP contribution in [0.5, 0.6) is 0 Å². The fourth-order valence-corrected chi connectivity index (χ4v) is 0.921. The number of aromatic nitrogens is 2. The van der Waals surface area contributed by atoms with Crippen LogP contribution in [0.25, 0.3) is 0 Å². The number of carbonyl (C=O) groups excluding carboxylic acids is 1. The van der Waals surface area contributed by atoms with Gasteiger partial charge in [-0.2, -0.15) is 5.26 Å². The maximum Gasteiger partial charge on any atom is 0.271 e. The zero-order valence-corrected chi connectivity index (χ0v) is 7.95. The predicted octanol–water partition coefficient (Wildman–Crippen LogP) is 0.773. The van der Waals surface area contributed by atoms with Crippen LogP contribution in [0, 0.1) is 11.3 Å². The maximum atomic E-state index is 11.3. The monoisotopic (exact) mass is 210 g/mol. The zero-order chi connectivity index (χ0) is 10.4. The van der Waals surface area contributed by atoms with Gasteiger partial charge in [0.15, 0.2) is 0 Å². The molecular formula is C8H7ClN4O. The van der Waals surface area contributed by atoms with Crippen molar-refractivity contribution >= 4 is 17.5 Å². The largest absolute Gasteiger partial charge is 0.350 e. The van der Waals surface area contributed by atoms with Crippen LogP contribution < -0.4 is 5.32 Å². The molecule has 0 saturated heterocycles. The molecule has 1 N–H and O–H groups in total. The van der Waals surface area contributed by atoms with E-state index in [0.717, 1.165) is 0 Å². The molecule has 0 radical (unpaired) electrons. The number of amides is 1. The highest BCUT2D eigenvalue weighted by molar-refractivity contribution is 6.29. The van der Waals surface area contributed by atoms with Gasteiger partial charge in [-0.1, -0.05) is 11.6 Å². The standard InChI is InChI=1S/C8H7ClN4O/c9-7-5-11-4-6(13-7)8(14)12-3-1-2-10/h4-5H,1,3H2,(H,12,14). The Morgan fingerprint density at radius 3 is 3.07 bits per heavy atom. The van der Waals surface area contributed by atoms with Crippen molar-refractivity contribution in [2.45, 2.75) is 6.42 Å². The number of hydrogen-bond donors (Lipinski definition) is 1. The van der Waals surface area contributed by atoms with Crippen molar-refractivity contribution in [2.24, 2.45) is 0 Å². The Balaban J connectivity index is 2.57. The molecule has 0 aliphatic heterocycles. The second kappa shape index (κ2) is 5.14. The third kappa shape index (κ3) is 2.99. The highest BCUT2D eigenvalue weighted by Gasteiger charge is 2.06. The van der Waals surface area contributed by atoms with Gasteiger partial charge in [0.25, 0.3) is 5.91 Å². The summed E-state index contributed by atoms with van der Waals surface area (Å²) in [6.45, 7) is 0.295. The summed E-state index contributed by atoms with van der Waals surface area (Å²) in [4.78, 5) is 18.8. The lowest BCUT2D eigenvalue weighted by molar-refractivity contribution is 0.0949. The van der Waals surface area contributed by atoms with Gasteiger partial charge in [0.2, 0.25) is 0 Å². The first-order valence-corrected chi connectivity index (χ1v) is 4.24. The minimum atomic E-state index is -0.379. The smallest absolute Gasteiger partial charge is 0.271 e. The van der Waals surface area contributed by atoms with E-state index in [1.54, 1.807) is 0 Å². The second-order valence-electron chi connectivity index (χ2n) is 2.39. The van der Waals surface area contributed by atoms with Gasteiger partial charge in [-0.15, -0.1) is 0 Å². The molecular weight excluding hydrogens is 204 g/mol. The molecule has 14 heavy (non-hydrogen) atoms. The molecule has 6 heteroatoms. The first-order valence-electron chi connectivity index (χ1n) is 3.86. The van der Waals surface area contributed by atoms with Crippen molar-refractivity contribution in [1.82, 2.24) is 15.3 Å². The van der Waals surface area contributed by atoms with E-state index in [4.69, 9.17) is 16.9 Å². The fourth-order valence-electron chi connectivity index (χ4n) is 0.774. The van der Waals surface area contributed by atoms with Gasteiger partial charge in [0, 0.05) is 6.54 Å². The molecule has 1 heterocycles. The molecule has 1 amide bonds. The predicted molar refractivity (Wildman–Crippen MR) is 49.6 cm³/mol. The van der Waals surface area contributed by atoms with E-state index in [9.17, 15) is 4.79 Å². The van der Waals surface area contributed by atoms with E-state index in [1.165, 1.54) is 12.4 Å². The molecule has 0 aliphatic carbocycles. The Kier molecular flexibility index (Phi) is 3.83. The Bertz CT molecular complexity index is 374. The highest BCUT2D eigenvalue weighted by atomic mass is 35.5. The molecule has 0 fully saturated rings. The number of nitrogens with one attached hydrogen (secondary N) is 1. The Morgan fingerprint density at radius 2 is 2.43 bits per heavy atom. The van der Waals surface area contributed by atoms with Crippen molar-refractivity contribution < 1.29 is 4.79 Å². The van der Waals surface area contributed by atoms with Gasteiger partial charge in [-0.25, -0.2) is 4.98 Å². The van der Waals surface area contributed by atoms with Crippen LogP contribution in [0.4, 0.5) is 0 Å². The van der Waals surface area contributed by atoms with E-state index in [0.29, 0.717) is 6.54 Å². The molecule has 5 nitrogen and oxygen atoms in total. The van der Waals surface area contributed by atoms with Gasteiger partial charge in [-0.3, -0.25) is 9.78 Å². The van der Waals surface area contributed by atoms with Crippen molar-refractivity contribution in [3.8, 4) is 6.07 Å². The van der Waals surface area contributed by atoms with E-state index >= 15 is 0 Å². The van der Waals surface area contributed by atoms with Crippen LogP contribution >= 0.6 is 11.6 Å². The lowest BCUT2D eigenvalue weighted by atomic mass is 10.4. The third-order valence-corrected chi connectivity index (χ3v) is 1.54. The van der Waals surface area contributed by atoms with Crippen molar-refractivity contribution in [3.63, 3.8) is 0 Å². The van der Waals surface area contributed by atoms with Crippen molar-refractivity contribution in [2.75, 3.05) is 6.54 Å². The minimum absolute atomic E-state index is 0.149. The Hall–Kier alpha value is -1.67. The number of rotatable bonds is 3. The summed E-state index contributed by atoms with van der Waals surface area (Å²) in [5.41, 5.74) is 0.149. The molecule has 0 bridgehead atoms. The summed E-state index contributed by atoms with van der Waals surface area (Å²) in [6, 6.07) is 1.91. The lowest BCUT2D eigenvalue weighted by Crippen LogP contribution is -2.25. The van der Waals surface area contributed by atoms with Crippen molar-refractivity contribution in [1.29, 1.82) is 5.26 Å². The molecule has 0 saturated carbocycles. The number of halogens is 1. The number of carbonyl (C=O) groups is 1. The fraction of sp³-hybridized carbons (Fsp3) is 0.250. The van der Waals surface area contributed by atoms with E-state index < -0.39 is 0 Å². The molecule has 72 valence electrons. The average molecular weight is 211 g/mol. The third-order valence-electron chi connectivity index (χ3n) is 1.36. The quantitative estimate of drug-likeness (QED) is 0.748. The summed E-state index contributed by atoms with van der Waals surface area (Å²) in [6.07, 6.45) is 2.92. The number of nitriles is 1. The Labute approximate surface area is 85.7 Å². The van der Waals surface area contributed by atoms with Gasteiger partial charge < -0.3 is 5.32 Å². The van der Waals surface area contributed by atoms with E-state index in [1.807, 2.05) is 6.07 Å². The van der Waals surface area contributed by atoms with Crippen LogP contribution in [0.3, 0.4) is 0 Å². The maximum absolute atomic E-state index is 11.3. The molecule has 1 aromatic rings. The summed E-state index contributed by atoms with van der Waals surface area (Å²) >= 11 is 5.54. The number of hydrogen-bond acceptors (Lipinski definition) is 4. The van der Waals surface area contributed by atoms with Crippen LogP contribution in [-0.4, -0.2) is 22.4 Å². The van der Waals surface area contributed by atoms with Crippen LogP contribution in [-0.2, 0) is 0 Å². The van der Waals surface area contributed by atoms with Gasteiger partial charge in [0.05, 0.1) is 24.9 Å². The minimum Gasteiger partial charge on any atom is -0.350 e. The molecule has 0 spiro atoms. The first kappa shape index (κ1) is 10.4. The second-order valence-corrected chi connectivity index (χ2v) is 2.78. The summed E-state index contributed by atoms with van der Waals surface area (Å²) in [5, 5.41) is 10.9. The molecule has 0 atom stereocenters. The zero-order valence-electron chi connectivity index (χ0n) is 7.20. The first-order chi connectivity index (χ1) is 6.74. The highest BCUT2D eigenvalue weighted by Crippen LogP contribution is 2.01. The molecule has 0 aliphatic rings. The summed E-state index contributed by atoms with van der Waals surface area (Å²) in [7, 11) is 0. The molecule has 1 aromatic heterocycles. The number of nitrogens with zero attached hydrogens (tertiary/aromatic N) is 3. The topological polar surface area (TPSA) is 78.7 Å². The molecule has 1 rings (SSSR count). The van der Waals surface area contributed by atoms with E-state index in [-0.39, 0.29) is 23.2 Å². The van der Waals surface area contributed by atoms with Crippen molar-refractivity contribution in [3.05, 3.63) is 23.2 Å². The molecule has 0 unspecified atom stereocenters. The lowest BCUT2D eigenvalue weighted by Gasteiger charge is -2.00. The van der Waals surface area contributed by atoms with Crippen LogP contribution in [0.2, 0.25) is 5.15 Å². The van der Waals surface area contributed by atoms with Gasteiger partial charge in [-0.05, 0) is 0 Å². The SMILES string of the molecule is N#CCCNC(=O)c1cncc(Cl)n1. The van der Waals surface area contributed by atoms with Crippen LogP contribution in [0.1, 0.15) is 16.9 Å². The van der Waals surface area contributed by atoms with Gasteiger partial charge >= 0.3 is 0 Å². The van der Waals surface area contributed by atoms with Crippen LogP contribution in [0.15, 0.2) is 12.4 Å². The Morgan fingerprint density at radius 1 is 1.64 bits per heavy atom. The normalized spacial score (nSPS) is 9.14.